The van der Waals surface area contributed by atoms with E-state index in [9.17, 15) is 0 Å². The maximum Gasteiger partial charge on any atom is 0.0514 e. The first-order valence-corrected chi connectivity index (χ1v) is 3.33. The average molecular weight is 149 g/mol. The molecule has 0 amide bonds. The fraction of sp³-hybridized carbons (Fsp3) is 0.125. The molecule has 1 aromatic heterocycles. The SMILES string of the molecule is C=CC(N)c1cnccc1N. The first-order valence-electron chi connectivity index (χ1n) is 3.33. The van der Waals surface area contributed by atoms with Gasteiger partial charge in [-0.05, 0) is 6.07 Å². The lowest BCUT2D eigenvalue weighted by Gasteiger charge is -2.07. The highest BCUT2D eigenvalue weighted by Gasteiger charge is 2.03. The number of aromatic nitrogens is 1. The second-order valence-electron chi connectivity index (χ2n) is 2.27. The van der Waals surface area contributed by atoms with Crippen LogP contribution < -0.4 is 11.5 Å². The quantitative estimate of drug-likeness (QED) is 0.612. The molecule has 0 aliphatic carbocycles. The van der Waals surface area contributed by atoms with Crippen LogP contribution in [0.5, 0.6) is 0 Å². The Kier molecular flexibility index (Phi) is 2.23. The lowest BCUT2D eigenvalue weighted by atomic mass is 10.1. The smallest absolute Gasteiger partial charge is 0.0514 e. The van der Waals surface area contributed by atoms with Crippen LogP contribution in [0.15, 0.2) is 31.1 Å². The molecule has 1 unspecified atom stereocenters. The first kappa shape index (κ1) is 7.75. The number of hydrogen-bond acceptors (Lipinski definition) is 3. The molecule has 1 rings (SSSR count). The number of nitrogens with zero attached hydrogens (tertiary/aromatic N) is 1. The first-order chi connectivity index (χ1) is 5.25. The van der Waals surface area contributed by atoms with Gasteiger partial charge in [0.05, 0.1) is 6.04 Å². The minimum absolute atomic E-state index is 0.219. The molecule has 4 N–H and O–H groups in total. The monoisotopic (exact) mass is 149 g/mol. The fourth-order valence-corrected chi connectivity index (χ4v) is 0.823. The van der Waals surface area contributed by atoms with Gasteiger partial charge in [0.25, 0.3) is 0 Å². The van der Waals surface area contributed by atoms with Crippen molar-refractivity contribution in [2.45, 2.75) is 6.04 Å². The topological polar surface area (TPSA) is 64.9 Å². The molecule has 0 aromatic carbocycles. The Morgan fingerprint density at radius 3 is 2.91 bits per heavy atom. The second kappa shape index (κ2) is 3.16. The summed E-state index contributed by atoms with van der Waals surface area (Å²) in [5.74, 6) is 0. The molecule has 0 saturated carbocycles. The van der Waals surface area contributed by atoms with E-state index < -0.39 is 0 Å². The number of rotatable bonds is 2. The zero-order valence-electron chi connectivity index (χ0n) is 6.20. The van der Waals surface area contributed by atoms with Crippen molar-refractivity contribution in [2.24, 2.45) is 5.73 Å². The number of pyridine rings is 1. The van der Waals surface area contributed by atoms with Crippen molar-refractivity contribution < 1.29 is 0 Å². The van der Waals surface area contributed by atoms with E-state index in [1.807, 2.05) is 0 Å². The molecule has 0 saturated heterocycles. The predicted octanol–water partition coefficient (Wildman–Crippen LogP) is 0.850. The number of nitrogens with two attached hydrogens (primary N) is 2. The number of hydrogen-bond donors (Lipinski definition) is 2. The van der Waals surface area contributed by atoms with Crippen molar-refractivity contribution in [3.8, 4) is 0 Å². The van der Waals surface area contributed by atoms with Gasteiger partial charge in [-0.15, -0.1) is 6.58 Å². The van der Waals surface area contributed by atoms with E-state index in [1.54, 1.807) is 24.5 Å². The third-order valence-corrected chi connectivity index (χ3v) is 1.50. The van der Waals surface area contributed by atoms with Crippen LogP contribution in [0.4, 0.5) is 5.69 Å². The van der Waals surface area contributed by atoms with Crippen LogP contribution in [0.25, 0.3) is 0 Å². The molecule has 0 radical (unpaired) electrons. The Bertz CT molecular complexity index is 257. The number of nitrogen functional groups attached to an aromatic ring is 1. The van der Waals surface area contributed by atoms with Gasteiger partial charge >= 0.3 is 0 Å². The van der Waals surface area contributed by atoms with E-state index in [1.165, 1.54) is 0 Å². The molecule has 0 fully saturated rings. The molecule has 1 heterocycles. The Morgan fingerprint density at radius 1 is 1.64 bits per heavy atom. The summed E-state index contributed by atoms with van der Waals surface area (Å²) in [5, 5.41) is 0. The van der Waals surface area contributed by atoms with Crippen LogP contribution in [0, 0.1) is 0 Å². The maximum atomic E-state index is 5.66. The van der Waals surface area contributed by atoms with Crippen molar-refractivity contribution in [2.75, 3.05) is 5.73 Å². The Morgan fingerprint density at radius 2 is 2.36 bits per heavy atom. The van der Waals surface area contributed by atoms with Crippen molar-refractivity contribution in [1.82, 2.24) is 4.98 Å². The van der Waals surface area contributed by atoms with Gasteiger partial charge < -0.3 is 11.5 Å². The van der Waals surface area contributed by atoms with Gasteiger partial charge in [0.2, 0.25) is 0 Å². The summed E-state index contributed by atoms with van der Waals surface area (Å²) in [7, 11) is 0. The van der Waals surface area contributed by atoms with E-state index in [0.717, 1.165) is 5.56 Å². The maximum absolute atomic E-state index is 5.66. The summed E-state index contributed by atoms with van der Waals surface area (Å²) in [6, 6.07) is 1.50. The van der Waals surface area contributed by atoms with Gasteiger partial charge in [0, 0.05) is 23.6 Å². The van der Waals surface area contributed by atoms with Crippen molar-refractivity contribution in [3.05, 3.63) is 36.7 Å². The molecule has 11 heavy (non-hydrogen) atoms. The van der Waals surface area contributed by atoms with E-state index in [0.29, 0.717) is 5.69 Å². The molecular weight excluding hydrogens is 138 g/mol. The molecular formula is C8H11N3. The van der Waals surface area contributed by atoms with Crippen molar-refractivity contribution in [1.29, 1.82) is 0 Å². The van der Waals surface area contributed by atoms with Crippen LogP contribution in [0.1, 0.15) is 11.6 Å². The highest BCUT2D eigenvalue weighted by atomic mass is 14.7. The van der Waals surface area contributed by atoms with Crippen LogP contribution in [-0.2, 0) is 0 Å². The second-order valence-corrected chi connectivity index (χ2v) is 2.27. The summed E-state index contributed by atoms with van der Waals surface area (Å²) in [4.78, 5) is 3.91. The highest BCUT2D eigenvalue weighted by molar-refractivity contribution is 5.47. The molecule has 0 bridgehead atoms. The summed E-state index contributed by atoms with van der Waals surface area (Å²) in [5.41, 5.74) is 12.8. The third-order valence-electron chi connectivity index (χ3n) is 1.50. The highest BCUT2D eigenvalue weighted by Crippen LogP contribution is 2.16. The molecule has 1 atom stereocenters. The standard InChI is InChI=1S/C8H11N3/c1-2-7(9)6-5-11-4-3-8(6)10/h2-5,7H,1,9H2,(H2,10,11). The molecule has 1 aromatic rings. The van der Waals surface area contributed by atoms with Crippen LogP contribution >= 0.6 is 0 Å². The largest absolute Gasteiger partial charge is 0.398 e. The zero-order chi connectivity index (χ0) is 8.27. The minimum atomic E-state index is -0.219. The van der Waals surface area contributed by atoms with E-state index in [-0.39, 0.29) is 6.04 Å². The summed E-state index contributed by atoms with van der Waals surface area (Å²) < 4.78 is 0. The minimum Gasteiger partial charge on any atom is -0.398 e. The number of anilines is 1. The summed E-state index contributed by atoms with van der Waals surface area (Å²) >= 11 is 0. The van der Waals surface area contributed by atoms with Gasteiger partial charge in [0.15, 0.2) is 0 Å². The lowest BCUT2D eigenvalue weighted by Crippen LogP contribution is -2.09. The third kappa shape index (κ3) is 1.56. The predicted molar refractivity (Wildman–Crippen MR) is 45.8 cm³/mol. The molecule has 3 heteroatoms. The molecule has 3 nitrogen and oxygen atoms in total. The van der Waals surface area contributed by atoms with Gasteiger partial charge in [-0.3, -0.25) is 4.98 Å². The molecule has 58 valence electrons. The fourth-order valence-electron chi connectivity index (χ4n) is 0.823. The van der Waals surface area contributed by atoms with Crippen LogP contribution in [0.3, 0.4) is 0 Å². The van der Waals surface area contributed by atoms with Gasteiger partial charge in [0.1, 0.15) is 0 Å². The Balaban J connectivity index is 3.02. The van der Waals surface area contributed by atoms with E-state index >= 15 is 0 Å². The van der Waals surface area contributed by atoms with Gasteiger partial charge in [-0.25, -0.2) is 0 Å². The zero-order valence-corrected chi connectivity index (χ0v) is 6.20. The van der Waals surface area contributed by atoms with Crippen LogP contribution in [-0.4, -0.2) is 4.98 Å². The average Bonchev–Trinajstić information content (AvgIpc) is 2.04. The Hall–Kier alpha value is -1.35. The van der Waals surface area contributed by atoms with Crippen molar-refractivity contribution >= 4 is 5.69 Å². The molecule has 0 aliphatic rings. The van der Waals surface area contributed by atoms with E-state index in [4.69, 9.17) is 11.5 Å². The van der Waals surface area contributed by atoms with Crippen molar-refractivity contribution in [3.63, 3.8) is 0 Å². The van der Waals surface area contributed by atoms with E-state index in [2.05, 4.69) is 11.6 Å². The molecule has 0 aliphatic heterocycles. The summed E-state index contributed by atoms with van der Waals surface area (Å²) in [6.45, 7) is 3.57. The lowest BCUT2D eigenvalue weighted by molar-refractivity contribution is 0.908. The van der Waals surface area contributed by atoms with Gasteiger partial charge in [-0.2, -0.15) is 0 Å². The molecule has 0 spiro atoms. The van der Waals surface area contributed by atoms with Gasteiger partial charge in [-0.1, -0.05) is 6.08 Å². The normalized spacial score (nSPS) is 12.5. The summed E-state index contributed by atoms with van der Waals surface area (Å²) in [6.07, 6.45) is 4.92. The van der Waals surface area contributed by atoms with Crippen LogP contribution in [0.2, 0.25) is 0 Å². The Labute approximate surface area is 65.7 Å².